The highest BCUT2D eigenvalue weighted by atomic mass is 35.5. The molecule has 1 heterocycles. The number of aliphatic hydroxyl groups is 1. The molecular weight excluding hydrogens is 259 g/mol. The molecule has 0 fully saturated rings. The van der Waals surface area contributed by atoms with Crippen LogP contribution in [0.3, 0.4) is 0 Å². The zero-order chi connectivity index (χ0) is 12.3. The normalized spacial score (nSPS) is 12.4. The summed E-state index contributed by atoms with van der Waals surface area (Å²) in [5.74, 6) is 0.364. The molecule has 1 atom stereocenters. The van der Waals surface area contributed by atoms with Gasteiger partial charge < -0.3 is 5.11 Å². The maximum absolute atomic E-state index is 9.98. The Morgan fingerprint density at radius 2 is 1.65 bits per heavy atom. The standard InChI is InChI=1S/C12H10Cl2N2O/c13-9-3-1-4-10(14)8(9)7-11(17)12-15-5-2-6-16-12/h1-6,11,17H,7H2. The van der Waals surface area contributed by atoms with Gasteiger partial charge >= 0.3 is 0 Å². The molecule has 3 nitrogen and oxygen atoms in total. The van der Waals surface area contributed by atoms with E-state index >= 15 is 0 Å². The highest BCUT2D eigenvalue weighted by Gasteiger charge is 2.15. The lowest BCUT2D eigenvalue weighted by molar-refractivity contribution is 0.168. The molecule has 88 valence electrons. The summed E-state index contributed by atoms with van der Waals surface area (Å²) in [6.07, 6.45) is 2.65. The molecule has 17 heavy (non-hydrogen) atoms. The van der Waals surface area contributed by atoms with Gasteiger partial charge in [-0.3, -0.25) is 0 Å². The summed E-state index contributed by atoms with van der Waals surface area (Å²) in [6, 6.07) is 6.93. The van der Waals surface area contributed by atoms with E-state index in [2.05, 4.69) is 9.97 Å². The lowest BCUT2D eigenvalue weighted by atomic mass is 10.1. The minimum atomic E-state index is -0.811. The fraction of sp³-hybridized carbons (Fsp3) is 0.167. The Hall–Kier alpha value is -1.16. The summed E-state index contributed by atoms with van der Waals surface area (Å²) in [6.45, 7) is 0. The number of hydrogen-bond donors (Lipinski definition) is 1. The Balaban J connectivity index is 2.22. The molecule has 0 bridgehead atoms. The third kappa shape index (κ3) is 2.94. The molecule has 1 N–H and O–H groups in total. The van der Waals surface area contributed by atoms with Crippen LogP contribution in [0.25, 0.3) is 0 Å². The first kappa shape index (κ1) is 12.3. The first-order chi connectivity index (χ1) is 8.18. The van der Waals surface area contributed by atoms with Crippen molar-refractivity contribution in [3.63, 3.8) is 0 Å². The Bertz CT molecular complexity index is 485. The fourth-order valence-corrected chi connectivity index (χ4v) is 2.05. The van der Waals surface area contributed by atoms with E-state index in [0.29, 0.717) is 27.9 Å². The smallest absolute Gasteiger partial charge is 0.157 e. The summed E-state index contributed by atoms with van der Waals surface area (Å²) < 4.78 is 0. The minimum Gasteiger partial charge on any atom is -0.385 e. The van der Waals surface area contributed by atoms with Gasteiger partial charge in [0.15, 0.2) is 5.82 Å². The van der Waals surface area contributed by atoms with E-state index in [-0.39, 0.29) is 0 Å². The van der Waals surface area contributed by atoms with Crippen LogP contribution >= 0.6 is 23.2 Å². The Morgan fingerprint density at radius 3 is 2.24 bits per heavy atom. The van der Waals surface area contributed by atoms with Crippen molar-refractivity contribution >= 4 is 23.2 Å². The van der Waals surface area contributed by atoms with Gasteiger partial charge in [-0.1, -0.05) is 29.3 Å². The second-order valence-corrected chi connectivity index (χ2v) is 4.34. The second kappa shape index (κ2) is 5.45. The van der Waals surface area contributed by atoms with Crippen molar-refractivity contribution in [2.45, 2.75) is 12.5 Å². The van der Waals surface area contributed by atoms with Crippen molar-refractivity contribution in [1.29, 1.82) is 0 Å². The van der Waals surface area contributed by atoms with Gasteiger partial charge in [-0.2, -0.15) is 0 Å². The van der Waals surface area contributed by atoms with E-state index in [1.165, 1.54) is 0 Å². The zero-order valence-electron chi connectivity index (χ0n) is 8.85. The van der Waals surface area contributed by atoms with Crippen molar-refractivity contribution in [3.8, 4) is 0 Å². The number of nitrogens with zero attached hydrogens (tertiary/aromatic N) is 2. The summed E-state index contributed by atoms with van der Waals surface area (Å²) in [7, 11) is 0. The van der Waals surface area contributed by atoms with Crippen LogP contribution in [0.4, 0.5) is 0 Å². The van der Waals surface area contributed by atoms with Crippen LogP contribution in [-0.2, 0) is 6.42 Å². The molecule has 0 saturated carbocycles. The van der Waals surface area contributed by atoms with E-state index in [0.717, 1.165) is 0 Å². The van der Waals surface area contributed by atoms with Gasteiger partial charge in [0.25, 0.3) is 0 Å². The third-order valence-corrected chi connectivity index (χ3v) is 3.05. The van der Waals surface area contributed by atoms with Crippen LogP contribution < -0.4 is 0 Å². The highest BCUT2D eigenvalue weighted by molar-refractivity contribution is 6.35. The number of hydrogen-bond acceptors (Lipinski definition) is 3. The zero-order valence-corrected chi connectivity index (χ0v) is 10.4. The van der Waals surface area contributed by atoms with E-state index in [1.54, 1.807) is 36.7 Å². The number of aliphatic hydroxyl groups excluding tert-OH is 1. The second-order valence-electron chi connectivity index (χ2n) is 3.53. The maximum atomic E-state index is 9.98. The van der Waals surface area contributed by atoms with Crippen LogP contribution in [0.15, 0.2) is 36.7 Å². The fourth-order valence-electron chi connectivity index (χ4n) is 1.49. The summed E-state index contributed by atoms with van der Waals surface area (Å²) in [5, 5.41) is 11.0. The minimum absolute atomic E-state index is 0.294. The van der Waals surface area contributed by atoms with Gasteiger partial charge in [-0.15, -0.1) is 0 Å². The molecule has 0 radical (unpaired) electrons. The monoisotopic (exact) mass is 268 g/mol. The van der Waals surface area contributed by atoms with Crippen molar-refractivity contribution in [3.05, 3.63) is 58.1 Å². The highest BCUT2D eigenvalue weighted by Crippen LogP contribution is 2.28. The molecule has 0 spiro atoms. The summed E-state index contributed by atoms with van der Waals surface area (Å²) in [4.78, 5) is 7.97. The maximum Gasteiger partial charge on any atom is 0.157 e. The van der Waals surface area contributed by atoms with E-state index in [4.69, 9.17) is 23.2 Å². The predicted octanol–water partition coefficient (Wildman–Crippen LogP) is 3.06. The van der Waals surface area contributed by atoms with Gasteiger partial charge in [0, 0.05) is 28.9 Å². The third-order valence-electron chi connectivity index (χ3n) is 2.34. The molecule has 5 heteroatoms. The van der Waals surface area contributed by atoms with E-state index in [9.17, 15) is 5.11 Å². The SMILES string of the molecule is OC(Cc1c(Cl)cccc1Cl)c1ncccn1. The van der Waals surface area contributed by atoms with E-state index in [1.807, 2.05) is 0 Å². The predicted molar refractivity (Wildman–Crippen MR) is 67.2 cm³/mol. The van der Waals surface area contributed by atoms with Crippen molar-refractivity contribution in [2.75, 3.05) is 0 Å². The molecule has 0 saturated heterocycles. The average molecular weight is 269 g/mol. The molecule has 0 aliphatic rings. The molecule has 0 aliphatic carbocycles. The van der Waals surface area contributed by atoms with E-state index < -0.39 is 6.10 Å². The van der Waals surface area contributed by atoms with Gasteiger partial charge in [-0.25, -0.2) is 9.97 Å². The van der Waals surface area contributed by atoms with Crippen molar-refractivity contribution < 1.29 is 5.11 Å². The molecule has 0 aliphatic heterocycles. The van der Waals surface area contributed by atoms with Crippen molar-refractivity contribution in [1.82, 2.24) is 9.97 Å². The number of benzene rings is 1. The van der Waals surface area contributed by atoms with Gasteiger partial charge in [0.1, 0.15) is 6.10 Å². The molecule has 2 rings (SSSR count). The molecule has 1 unspecified atom stereocenters. The lowest BCUT2D eigenvalue weighted by Crippen LogP contribution is -2.06. The van der Waals surface area contributed by atoms with Gasteiger partial charge in [0.2, 0.25) is 0 Å². The number of aromatic nitrogens is 2. The molecule has 1 aromatic carbocycles. The molecule has 1 aromatic heterocycles. The summed E-state index contributed by atoms with van der Waals surface area (Å²) in [5.41, 5.74) is 0.704. The number of halogens is 2. The average Bonchev–Trinajstić information content (AvgIpc) is 2.35. The van der Waals surface area contributed by atoms with Crippen LogP contribution in [0.1, 0.15) is 17.5 Å². The van der Waals surface area contributed by atoms with Crippen LogP contribution in [0, 0.1) is 0 Å². The van der Waals surface area contributed by atoms with Gasteiger partial charge in [0.05, 0.1) is 0 Å². The topological polar surface area (TPSA) is 46.0 Å². The molecular formula is C12H10Cl2N2O. The lowest BCUT2D eigenvalue weighted by Gasteiger charge is -2.11. The first-order valence-corrected chi connectivity index (χ1v) is 5.82. The van der Waals surface area contributed by atoms with Crippen molar-refractivity contribution in [2.24, 2.45) is 0 Å². The quantitative estimate of drug-likeness (QED) is 0.931. The van der Waals surface area contributed by atoms with Gasteiger partial charge in [-0.05, 0) is 23.8 Å². The first-order valence-electron chi connectivity index (χ1n) is 5.06. The number of rotatable bonds is 3. The molecule has 0 amide bonds. The van der Waals surface area contributed by atoms with Crippen LogP contribution in [-0.4, -0.2) is 15.1 Å². The summed E-state index contributed by atoms with van der Waals surface area (Å²) >= 11 is 12.0. The Kier molecular flexibility index (Phi) is 3.94. The largest absolute Gasteiger partial charge is 0.385 e. The molecule has 2 aromatic rings. The van der Waals surface area contributed by atoms with Crippen LogP contribution in [0.5, 0.6) is 0 Å². The Morgan fingerprint density at radius 1 is 1.06 bits per heavy atom. The Labute approximate surface area is 109 Å². The van der Waals surface area contributed by atoms with Crippen LogP contribution in [0.2, 0.25) is 10.0 Å².